The van der Waals surface area contributed by atoms with Gasteiger partial charge in [0.2, 0.25) is 17.7 Å². The van der Waals surface area contributed by atoms with Crippen LogP contribution in [0.4, 0.5) is 4.79 Å². The zero-order chi connectivity index (χ0) is 35.8. The van der Waals surface area contributed by atoms with E-state index in [9.17, 15) is 24.0 Å². The van der Waals surface area contributed by atoms with E-state index in [-0.39, 0.29) is 25.8 Å². The molecule has 4 amide bonds. The second-order valence-electron chi connectivity index (χ2n) is 12.6. The Kier molecular flexibility index (Phi) is 14.9. The first-order chi connectivity index (χ1) is 23.3. The van der Waals surface area contributed by atoms with Gasteiger partial charge in [-0.1, -0.05) is 24.3 Å². The zero-order valence-corrected chi connectivity index (χ0v) is 28.8. The van der Waals surface area contributed by atoms with Gasteiger partial charge in [0.15, 0.2) is 0 Å². The predicted molar refractivity (Wildman–Crippen MR) is 182 cm³/mol. The molecule has 4 bridgehead atoms. The monoisotopic (exact) mass is 680 g/mol. The molecule has 0 radical (unpaired) electrons. The molecule has 13 nitrogen and oxygen atoms in total. The number of rotatable bonds is 7. The Labute approximate surface area is 287 Å². The highest BCUT2D eigenvalue weighted by atomic mass is 16.6. The van der Waals surface area contributed by atoms with Crippen LogP contribution in [0.15, 0.2) is 60.7 Å². The molecule has 266 valence electrons. The largest absolute Gasteiger partial charge is 0.490 e. The van der Waals surface area contributed by atoms with Crippen molar-refractivity contribution in [2.75, 3.05) is 26.9 Å². The van der Waals surface area contributed by atoms with Crippen molar-refractivity contribution >= 4 is 29.8 Å². The molecule has 13 heteroatoms. The number of amides is 4. The summed E-state index contributed by atoms with van der Waals surface area (Å²) in [6.07, 6.45) is 4.49. The smallest absolute Gasteiger partial charge is 0.407 e. The Bertz CT molecular complexity index is 1440. The van der Waals surface area contributed by atoms with Crippen LogP contribution in [0.2, 0.25) is 0 Å². The van der Waals surface area contributed by atoms with Crippen molar-refractivity contribution in [2.45, 2.75) is 83.5 Å². The van der Waals surface area contributed by atoms with Gasteiger partial charge in [0.1, 0.15) is 48.4 Å². The molecular weight excluding hydrogens is 632 g/mol. The topological polar surface area (TPSA) is 170 Å². The number of hydrogen-bond acceptors (Lipinski definition) is 9. The van der Waals surface area contributed by atoms with Crippen molar-refractivity contribution in [3.63, 3.8) is 0 Å². The molecular formula is C36H48N4O9. The summed E-state index contributed by atoms with van der Waals surface area (Å²) in [5.41, 5.74) is 0.858. The highest BCUT2D eigenvalue weighted by molar-refractivity contribution is 5.93. The van der Waals surface area contributed by atoms with Crippen molar-refractivity contribution in [1.29, 1.82) is 0 Å². The molecule has 6 rings (SSSR count). The third-order valence-corrected chi connectivity index (χ3v) is 7.30. The number of esters is 1. The maximum atomic E-state index is 13.7. The summed E-state index contributed by atoms with van der Waals surface area (Å²) in [6.45, 7) is 7.54. The standard InChI is InChI=1S/C36H48N4O9/c1-24(41)38-30-22-25-11-15-27(16-12-25)47-20-8-9-21-48-28-17-13-26(14-18-28)23-31(34(44)46-5)40-32(42)29(39-33(30)43)10-6-7-19-37-35(45)49-36(2,3)4/h8-9,11-18,29-31H,6-7,10,19-23H2,1-5H3,(H,37,45)(H,38,41)(H,39,43)(H,40,42)/t29-,30+,31+/m1/s1. The molecule has 4 aliphatic heterocycles. The summed E-state index contributed by atoms with van der Waals surface area (Å²) in [7, 11) is 1.23. The minimum Gasteiger partial charge on any atom is -0.490 e. The molecule has 4 heterocycles. The summed E-state index contributed by atoms with van der Waals surface area (Å²) >= 11 is 0. The first-order valence-corrected chi connectivity index (χ1v) is 16.3. The van der Waals surface area contributed by atoms with E-state index >= 15 is 0 Å². The first-order valence-electron chi connectivity index (χ1n) is 16.3. The van der Waals surface area contributed by atoms with Gasteiger partial charge in [0, 0.05) is 26.3 Å². The summed E-state index contributed by atoms with van der Waals surface area (Å²) in [5.74, 6) is -0.994. The number of alkyl carbamates (subject to hydrolysis) is 1. The highest BCUT2D eigenvalue weighted by Crippen LogP contribution is 2.16. The van der Waals surface area contributed by atoms with Crippen LogP contribution in [0.5, 0.6) is 11.5 Å². The molecule has 0 unspecified atom stereocenters. The van der Waals surface area contributed by atoms with E-state index in [2.05, 4.69) is 21.3 Å². The van der Waals surface area contributed by atoms with E-state index in [1.807, 2.05) is 12.2 Å². The lowest BCUT2D eigenvalue weighted by molar-refractivity contribution is -0.145. The third kappa shape index (κ3) is 14.3. The molecule has 0 spiro atoms. The van der Waals surface area contributed by atoms with Gasteiger partial charge in [-0.15, -0.1) is 0 Å². The predicted octanol–water partition coefficient (Wildman–Crippen LogP) is 3.14. The highest BCUT2D eigenvalue weighted by Gasteiger charge is 2.30. The first kappa shape index (κ1) is 38.4. The van der Waals surface area contributed by atoms with Gasteiger partial charge in [-0.05, 0) is 87.6 Å². The summed E-state index contributed by atoms with van der Waals surface area (Å²) in [4.78, 5) is 64.3. The summed E-state index contributed by atoms with van der Waals surface area (Å²) < 4.78 is 21.8. The molecule has 3 atom stereocenters. The van der Waals surface area contributed by atoms with Gasteiger partial charge in [0.05, 0.1) is 7.11 Å². The van der Waals surface area contributed by atoms with E-state index in [0.29, 0.717) is 37.6 Å². The lowest BCUT2D eigenvalue weighted by Gasteiger charge is -2.25. The second-order valence-corrected chi connectivity index (χ2v) is 12.6. The Morgan fingerprint density at radius 3 is 1.94 bits per heavy atom. The van der Waals surface area contributed by atoms with Crippen LogP contribution in [0, 0.1) is 0 Å². The molecule has 0 saturated heterocycles. The molecule has 2 aromatic rings. The van der Waals surface area contributed by atoms with Gasteiger partial charge in [0.25, 0.3) is 0 Å². The average Bonchev–Trinajstić information content (AvgIpc) is 3.04. The van der Waals surface area contributed by atoms with Gasteiger partial charge < -0.3 is 40.2 Å². The maximum Gasteiger partial charge on any atom is 0.407 e. The molecule has 49 heavy (non-hydrogen) atoms. The molecule has 0 aromatic heterocycles. The SMILES string of the molecule is COC(=O)[C@@H]1Cc2ccc(cc2)OCC=CCOc2ccc(cc2)C[C@H](NC(C)=O)C(=O)N[C@H](CCCCNC(=O)OC(C)(C)C)C(=O)N1. The van der Waals surface area contributed by atoms with Gasteiger partial charge in [-0.3, -0.25) is 14.4 Å². The van der Waals surface area contributed by atoms with E-state index < -0.39 is 53.5 Å². The van der Waals surface area contributed by atoms with Crippen molar-refractivity contribution in [3.05, 3.63) is 71.8 Å². The van der Waals surface area contributed by atoms with E-state index in [1.165, 1.54) is 14.0 Å². The fraction of sp³-hybridized carbons (Fsp3) is 0.472. The van der Waals surface area contributed by atoms with Gasteiger partial charge in [-0.25, -0.2) is 9.59 Å². The van der Waals surface area contributed by atoms with Crippen molar-refractivity contribution in [2.24, 2.45) is 0 Å². The van der Waals surface area contributed by atoms with E-state index in [0.717, 1.165) is 11.1 Å². The Hall–Kier alpha value is -5.07. The molecule has 4 N–H and O–H groups in total. The minimum atomic E-state index is -1.07. The molecule has 2 aromatic carbocycles. The number of hydrogen-bond donors (Lipinski definition) is 4. The van der Waals surface area contributed by atoms with Crippen LogP contribution in [0.3, 0.4) is 0 Å². The van der Waals surface area contributed by atoms with E-state index in [1.54, 1.807) is 69.3 Å². The Morgan fingerprint density at radius 1 is 0.837 bits per heavy atom. The lowest BCUT2D eigenvalue weighted by Crippen LogP contribution is -2.56. The second kappa shape index (κ2) is 19.1. The van der Waals surface area contributed by atoms with Crippen LogP contribution in [0.1, 0.15) is 58.1 Å². The van der Waals surface area contributed by atoms with Crippen LogP contribution in [-0.4, -0.2) is 80.4 Å². The third-order valence-electron chi connectivity index (χ3n) is 7.30. The summed E-state index contributed by atoms with van der Waals surface area (Å²) in [5, 5.41) is 10.9. The number of carbonyl (C=O) groups is 5. The lowest BCUT2D eigenvalue weighted by atomic mass is 10.0. The number of carbonyl (C=O) groups excluding carboxylic acids is 5. The van der Waals surface area contributed by atoms with Crippen LogP contribution >= 0.6 is 0 Å². The normalized spacial score (nSPS) is 19.0. The van der Waals surface area contributed by atoms with E-state index in [4.69, 9.17) is 18.9 Å². The van der Waals surface area contributed by atoms with Crippen LogP contribution in [-0.2, 0) is 41.5 Å². The molecule has 0 saturated carbocycles. The van der Waals surface area contributed by atoms with Crippen molar-refractivity contribution in [1.82, 2.24) is 21.3 Å². The maximum absolute atomic E-state index is 13.7. The minimum absolute atomic E-state index is 0.126. The van der Waals surface area contributed by atoms with Crippen LogP contribution in [0.25, 0.3) is 0 Å². The number of nitrogens with one attached hydrogen (secondary N) is 4. The van der Waals surface area contributed by atoms with Gasteiger partial charge in [-0.2, -0.15) is 0 Å². The number of methoxy groups -OCH3 is 1. The Morgan fingerprint density at radius 2 is 1.41 bits per heavy atom. The quantitative estimate of drug-likeness (QED) is 0.195. The average molecular weight is 681 g/mol. The number of benzene rings is 2. The molecule has 0 aliphatic carbocycles. The van der Waals surface area contributed by atoms with Crippen LogP contribution < -0.4 is 30.7 Å². The Balaban J connectivity index is 1.85. The fourth-order valence-electron chi connectivity index (χ4n) is 4.92. The van der Waals surface area contributed by atoms with Crippen molar-refractivity contribution < 1.29 is 42.9 Å². The number of ether oxygens (including phenoxy) is 4. The molecule has 4 aliphatic rings. The zero-order valence-electron chi connectivity index (χ0n) is 28.8. The van der Waals surface area contributed by atoms with Gasteiger partial charge >= 0.3 is 12.1 Å². The summed E-state index contributed by atoms with van der Waals surface area (Å²) in [6, 6.07) is 11.1. The number of unbranched alkanes of at least 4 members (excludes halogenated alkanes) is 1. The molecule has 0 fully saturated rings. The van der Waals surface area contributed by atoms with Crippen molar-refractivity contribution in [3.8, 4) is 11.5 Å². The fourth-order valence-corrected chi connectivity index (χ4v) is 4.92.